The molecule has 0 N–H and O–H groups in total. The zero-order valence-corrected chi connectivity index (χ0v) is 41.0. The van der Waals surface area contributed by atoms with Gasteiger partial charge in [0.2, 0.25) is 0 Å². The molecular weight excluding hydrogens is 927 g/mol. The van der Waals surface area contributed by atoms with Gasteiger partial charge < -0.3 is 18.3 Å². The highest BCUT2D eigenvalue weighted by molar-refractivity contribution is 6.14. The zero-order valence-electron chi connectivity index (χ0n) is 41.0. The maximum absolute atomic E-state index is 5.43. The molecule has 0 aliphatic heterocycles. The van der Waals surface area contributed by atoms with Gasteiger partial charge in [0, 0.05) is 71.2 Å². The molecule has 0 bridgehead atoms. The minimum atomic E-state index is 0.579. The van der Waals surface area contributed by atoms with E-state index in [0.717, 1.165) is 83.3 Å². The molecule has 354 valence electrons. The van der Waals surface area contributed by atoms with Crippen molar-refractivity contribution in [1.82, 2.24) is 33.2 Å². The van der Waals surface area contributed by atoms with Crippen LogP contribution in [0.15, 0.2) is 261 Å². The summed E-state index contributed by atoms with van der Waals surface area (Å²) in [5.41, 5.74) is 15.9. The monoisotopic (exact) mass is 969 g/mol. The van der Waals surface area contributed by atoms with Gasteiger partial charge in [0.1, 0.15) is 0 Å². The van der Waals surface area contributed by atoms with Crippen molar-refractivity contribution in [3.8, 4) is 56.9 Å². The van der Waals surface area contributed by atoms with Crippen molar-refractivity contribution in [2.75, 3.05) is 0 Å². The summed E-state index contributed by atoms with van der Waals surface area (Å²) in [5, 5.41) is 9.62. The smallest absolute Gasteiger partial charge is 0.164 e. The van der Waals surface area contributed by atoms with Crippen LogP contribution in [-0.4, -0.2) is 33.2 Å². The molecule has 0 atom stereocenters. The van der Waals surface area contributed by atoms with Gasteiger partial charge in [0.15, 0.2) is 17.5 Å². The van der Waals surface area contributed by atoms with Crippen LogP contribution in [0.2, 0.25) is 0 Å². The van der Waals surface area contributed by atoms with Crippen molar-refractivity contribution < 1.29 is 0 Å². The van der Waals surface area contributed by atoms with E-state index in [0.29, 0.717) is 17.5 Å². The molecule has 7 heteroatoms. The molecule has 0 saturated heterocycles. The van der Waals surface area contributed by atoms with E-state index in [9.17, 15) is 0 Å². The van der Waals surface area contributed by atoms with Crippen LogP contribution in [0.25, 0.3) is 144 Å². The Morgan fingerprint density at radius 3 is 1.01 bits per heavy atom. The Hall–Kier alpha value is -10.4. The fourth-order valence-electron chi connectivity index (χ4n) is 12.1. The van der Waals surface area contributed by atoms with Crippen molar-refractivity contribution in [3.05, 3.63) is 261 Å². The van der Waals surface area contributed by atoms with E-state index >= 15 is 0 Å². The lowest BCUT2D eigenvalue weighted by Crippen LogP contribution is -2.05. The predicted octanol–water partition coefficient (Wildman–Crippen LogP) is 17.3. The second-order valence-electron chi connectivity index (χ2n) is 19.6. The maximum atomic E-state index is 5.43. The van der Waals surface area contributed by atoms with Gasteiger partial charge in [-0.3, -0.25) is 0 Å². The highest BCUT2D eigenvalue weighted by Gasteiger charge is 2.23. The largest absolute Gasteiger partial charge is 0.309 e. The van der Waals surface area contributed by atoms with Crippen LogP contribution in [-0.2, 0) is 0 Å². The summed E-state index contributed by atoms with van der Waals surface area (Å²) >= 11 is 0. The highest BCUT2D eigenvalue weighted by Crippen LogP contribution is 2.42. The summed E-state index contributed by atoms with van der Waals surface area (Å²) in [5.74, 6) is 1.77. The third-order valence-corrected chi connectivity index (χ3v) is 15.4. The SMILES string of the molecule is c1ccc(-c2nc(-c3cccc(-n4c5ccccc5c5ccccc54)c3)nc(-c3ccc(-n4c5ccccc5c5ccccc54)c(-n4c5ccccc5c5cc(-n6c7ccccc7c7ccccc76)ccc54)c3)n2)cc1. The fraction of sp³-hybridized carbons (Fsp3) is 0. The van der Waals surface area contributed by atoms with Crippen LogP contribution in [0.1, 0.15) is 0 Å². The number of fused-ring (bicyclic) bond motifs is 12. The molecule has 0 fully saturated rings. The number of para-hydroxylation sites is 7. The molecule has 0 amide bonds. The van der Waals surface area contributed by atoms with E-state index in [1.807, 2.05) is 18.2 Å². The molecule has 0 radical (unpaired) electrons. The van der Waals surface area contributed by atoms with E-state index in [-0.39, 0.29) is 0 Å². The fourth-order valence-corrected chi connectivity index (χ4v) is 12.1. The molecule has 5 aromatic heterocycles. The summed E-state index contributed by atoms with van der Waals surface area (Å²) < 4.78 is 9.61. The van der Waals surface area contributed by atoms with Crippen LogP contribution in [0.3, 0.4) is 0 Å². The molecule has 11 aromatic carbocycles. The van der Waals surface area contributed by atoms with Crippen LogP contribution in [0.5, 0.6) is 0 Å². The molecule has 7 nitrogen and oxygen atoms in total. The maximum Gasteiger partial charge on any atom is 0.164 e. The van der Waals surface area contributed by atoms with Crippen LogP contribution in [0, 0.1) is 0 Å². The van der Waals surface area contributed by atoms with Gasteiger partial charge in [-0.25, -0.2) is 15.0 Å². The zero-order chi connectivity index (χ0) is 49.8. The van der Waals surface area contributed by atoms with Crippen molar-refractivity contribution in [2.45, 2.75) is 0 Å². The molecule has 5 heterocycles. The van der Waals surface area contributed by atoms with E-state index in [1.54, 1.807) is 0 Å². The molecular formula is C69H43N7. The Balaban J connectivity index is 0.946. The average molecular weight is 970 g/mol. The highest BCUT2D eigenvalue weighted by atomic mass is 15.1. The van der Waals surface area contributed by atoms with Gasteiger partial charge in [-0.15, -0.1) is 0 Å². The minimum absolute atomic E-state index is 0.579. The average Bonchev–Trinajstić information content (AvgIpc) is 4.27. The summed E-state index contributed by atoms with van der Waals surface area (Å²) in [6, 6.07) is 93.4. The second-order valence-corrected chi connectivity index (χ2v) is 19.6. The van der Waals surface area contributed by atoms with Crippen molar-refractivity contribution in [1.29, 1.82) is 0 Å². The Morgan fingerprint density at radius 2 is 0.539 bits per heavy atom. The lowest BCUT2D eigenvalue weighted by molar-refractivity contribution is 1.06. The van der Waals surface area contributed by atoms with E-state index in [2.05, 4.69) is 261 Å². The van der Waals surface area contributed by atoms with Gasteiger partial charge in [-0.05, 0) is 91.0 Å². The molecule has 0 unspecified atom stereocenters. The molecule has 0 aliphatic carbocycles. The van der Waals surface area contributed by atoms with Crippen molar-refractivity contribution >= 4 is 87.2 Å². The first-order valence-corrected chi connectivity index (χ1v) is 25.8. The molecule has 76 heavy (non-hydrogen) atoms. The molecule has 0 aliphatic rings. The lowest BCUT2D eigenvalue weighted by atomic mass is 10.1. The molecule has 0 saturated carbocycles. The van der Waals surface area contributed by atoms with Crippen molar-refractivity contribution in [2.24, 2.45) is 0 Å². The lowest BCUT2D eigenvalue weighted by Gasteiger charge is -2.18. The van der Waals surface area contributed by atoms with Gasteiger partial charge >= 0.3 is 0 Å². The molecule has 0 spiro atoms. The third kappa shape index (κ3) is 6.33. The first-order chi connectivity index (χ1) is 37.7. The summed E-state index contributed by atoms with van der Waals surface area (Å²) in [4.78, 5) is 16.0. The normalized spacial score (nSPS) is 11.9. The summed E-state index contributed by atoms with van der Waals surface area (Å²) in [6.45, 7) is 0. The first kappa shape index (κ1) is 42.2. The van der Waals surface area contributed by atoms with Crippen LogP contribution < -0.4 is 0 Å². The number of hydrogen-bond acceptors (Lipinski definition) is 3. The van der Waals surface area contributed by atoms with Crippen LogP contribution in [0.4, 0.5) is 0 Å². The van der Waals surface area contributed by atoms with Gasteiger partial charge in [0.25, 0.3) is 0 Å². The van der Waals surface area contributed by atoms with Gasteiger partial charge in [0.05, 0.1) is 55.5 Å². The first-order valence-electron chi connectivity index (χ1n) is 25.8. The van der Waals surface area contributed by atoms with E-state index in [4.69, 9.17) is 15.0 Å². The second kappa shape index (κ2) is 16.6. The Morgan fingerprint density at radius 1 is 0.197 bits per heavy atom. The minimum Gasteiger partial charge on any atom is -0.309 e. The number of rotatable bonds is 7. The number of benzene rings is 11. The molecule has 16 aromatic rings. The van der Waals surface area contributed by atoms with Gasteiger partial charge in [-0.1, -0.05) is 170 Å². The predicted molar refractivity (Wildman–Crippen MR) is 313 cm³/mol. The number of hydrogen-bond donors (Lipinski definition) is 0. The van der Waals surface area contributed by atoms with Gasteiger partial charge in [-0.2, -0.15) is 0 Å². The number of aromatic nitrogens is 7. The number of nitrogens with zero attached hydrogens (tertiary/aromatic N) is 7. The van der Waals surface area contributed by atoms with Crippen molar-refractivity contribution in [3.63, 3.8) is 0 Å². The summed E-state index contributed by atoms with van der Waals surface area (Å²) in [6.07, 6.45) is 0. The Bertz CT molecular complexity index is 4850. The Labute approximate surface area is 436 Å². The van der Waals surface area contributed by atoms with E-state index in [1.165, 1.54) is 43.4 Å². The summed E-state index contributed by atoms with van der Waals surface area (Å²) in [7, 11) is 0. The Kier molecular flexibility index (Phi) is 9.20. The third-order valence-electron chi connectivity index (χ3n) is 15.4. The topological polar surface area (TPSA) is 58.4 Å². The standard InChI is InChI=1S/C69H43N7/c1-2-19-44(20-3-1)67-70-68(45-21-18-22-47(41-45)73-57-30-11-4-23-49(57)50-24-5-12-31-58(50)73)72-69(71-67)46-37-39-65(75-61-34-15-8-27-53(61)54-28-9-16-35-62(54)75)66(42-46)76-63-36-17-10-29-55(63)56-43-48(38-40-64(56)76)74-59-32-13-6-25-51(59)52-26-7-14-33-60(52)74/h1-43H. The quantitative estimate of drug-likeness (QED) is 0.160. The van der Waals surface area contributed by atoms with Crippen LogP contribution >= 0.6 is 0 Å². The molecule has 16 rings (SSSR count). The van der Waals surface area contributed by atoms with E-state index < -0.39 is 0 Å².